The maximum absolute atomic E-state index is 10.5. The molecule has 0 spiro atoms. The van der Waals surface area contributed by atoms with Gasteiger partial charge in [-0.1, -0.05) is 19.1 Å². The highest BCUT2D eigenvalue weighted by molar-refractivity contribution is 9.10. The van der Waals surface area contributed by atoms with Crippen LogP contribution in [0.4, 0.5) is 0 Å². The first kappa shape index (κ1) is 14.6. The molecule has 1 heterocycles. The summed E-state index contributed by atoms with van der Waals surface area (Å²) >= 11 is 5.24. The van der Waals surface area contributed by atoms with Crippen LogP contribution in [0, 0.1) is 0 Å². The zero-order chi connectivity index (χ0) is 13.8. The van der Waals surface area contributed by atoms with Crippen molar-refractivity contribution in [3.8, 4) is 0 Å². The minimum atomic E-state index is -0.655. The summed E-state index contributed by atoms with van der Waals surface area (Å²) in [5.74, 6) is 1.05. The molecule has 0 aliphatic carbocycles. The van der Waals surface area contributed by atoms with E-state index in [-0.39, 0.29) is 0 Å². The number of hydrogen-bond acceptors (Lipinski definition) is 3. The zero-order valence-electron chi connectivity index (χ0n) is 11.0. The van der Waals surface area contributed by atoms with Gasteiger partial charge in [0.1, 0.15) is 6.10 Å². The maximum Gasteiger partial charge on any atom is 0.122 e. The first-order valence-electron chi connectivity index (χ1n) is 6.29. The van der Waals surface area contributed by atoms with Gasteiger partial charge in [0.2, 0.25) is 0 Å². The SMILES string of the molecule is CCSc1ccc(C(O)c2c(Br)cnn2CC)cc1. The van der Waals surface area contributed by atoms with E-state index in [1.807, 2.05) is 35.9 Å². The lowest BCUT2D eigenvalue weighted by Crippen LogP contribution is -2.09. The highest BCUT2D eigenvalue weighted by atomic mass is 79.9. The summed E-state index contributed by atoms with van der Waals surface area (Å²) < 4.78 is 2.65. The Kier molecular flexibility index (Phi) is 5.07. The lowest BCUT2D eigenvalue weighted by molar-refractivity contribution is 0.207. The molecule has 3 nitrogen and oxygen atoms in total. The second-order valence-electron chi connectivity index (χ2n) is 4.10. The minimum absolute atomic E-state index is 0.655. The average Bonchev–Trinajstić information content (AvgIpc) is 2.80. The number of halogens is 1. The molecule has 1 N–H and O–H groups in total. The van der Waals surface area contributed by atoms with E-state index in [1.54, 1.807) is 18.0 Å². The van der Waals surface area contributed by atoms with Crippen molar-refractivity contribution in [3.63, 3.8) is 0 Å². The topological polar surface area (TPSA) is 38.1 Å². The van der Waals surface area contributed by atoms with E-state index < -0.39 is 6.10 Å². The van der Waals surface area contributed by atoms with Crippen LogP contribution in [0.3, 0.4) is 0 Å². The van der Waals surface area contributed by atoms with Gasteiger partial charge in [-0.05, 0) is 46.3 Å². The fourth-order valence-corrected chi connectivity index (χ4v) is 3.14. The molecule has 1 aromatic carbocycles. The van der Waals surface area contributed by atoms with Crippen molar-refractivity contribution in [1.29, 1.82) is 0 Å². The quantitative estimate of drug-likeness (QED) is 0.840. The Bertz CT molecular complexity index is 539. The van der Waals surface area contributed by atoms with Crippen LogP contribution in [0.5, 0.6) is 0 Å². The molecule has 1 atom stereocenters. The van der Waals surface area contributed by atoms with Gasteiger partial charge in [0, 0.05) is 11.4 Å². The van der Waals surface area contributed by atoms with Crippen molar-refractivity contribution in [2.75, 3.05) is 5.75 Å². The van der Waals surface area contributed by atoms with E-state index >= 15 is 0 Å². The molecule has 0 aliphatic rings. The molecule has 5 heteroatoms. The van der Waals surface area contributed by atoms with Crippen LogP contribution in [0.25, 0.3) is 0 Å². The number of hydrogen-bond donors (Lipinski definition) is 1. The number of aryl methyl sites for hydroxylation is 1. The molecular weight excluding hydrogens is 324 g/mol. The molecule has 19 heavy (non-hydrogen) atoms. The van der Waals surface area contributed by atoms with Crippen LogP contribution in [-0.2, 0) is 6.54 Å². The van der Waals surface area contributed by atoms with Gasteiger partial charge >= 0.3 is 0 Å². The van der Waals surface area contributed by atoms with Gasteiger partial charge in [0.15, 0.2) is 0 Å². The first-order valence-corrected chi connectivity index (χ1v) is 8.07. The summed E-state index contributed by atoms with van der Waals surface area (Å²) in [6.07, 6.45) is 1.07. The molecule has 0 saturated carbocycles. The van der Waals surface area contributed by atoms with Crippen LogP contribution < -0.4 is 0 Å². The molecule has 0 saturated heterocycles. The number of thioether (sulfide) groups is 1. The Morgan fingerprint density at radius 1 is 1.32 bits per heavy atom. The number of aliphatic hydroxyl groups excluding tert-OH is 1. The third kappa shape index (κ3) is 3.22. The lowest BCUT2D eigenvalue weighted by atomic mass is 10.1. The van der Waals surface area contributed by atoms with Crippen LogP contribution in [-0.4, -0.2) is 20.6 Å². The minimum Gasteiger partial charge on any atom is -0.382 e. The largest absolute Gasteiger partial charge is 0.382 e. The second-order valence-corrected chi connectivity index (χ2v) is 6.29. The third-order valence-corrected chi connectivity index (χ3v) is 4.40. The van der Waals surface area contributed by atoms with Crippen molar-refractivity contribution >= 4 is 27.7 Å². The van der Waals surface area contributed by atoms with E-state index in [9.17, 15) is 5.11 Å². The van der Waals surface area contributed by atoms with Crippen molar-refractivity contribution in [2.24, 2.45) is 0 Å². The van der Waals surface area contributed by atoms with Crippen LogP contribution >= 0.6 is 27.7 Å². The second kappa shape index (κ2) is 6.59. The molecule has 0 aliphatic heterocycles. The van der Waals surface area contributed by atoms with Crippen molar-refractivity contribution in [1.82, 2.24) is 9.78 Å². The van der Waals surface area contributed by atoms with E-state index in [2.05, 4.69) is 28.0 Å². The van der Waals surface area contributed by atoms with Crippen molar-refractivity contribution in [2.45, 2.75) is 31.4 Å². The maximum atomic E-state index is 10.5. The highest BCUT2D eigenvalue weighted by Gasteiger charge is 2.18. The zero-order valence-corrected chi connectivity index (χ0v) is 13.4. The van der Waals surface area contributed by atoms with Gasteiger partial charge in [-0.25, -0.2) is 0 Å². The first-order chi connectivity index (χ1) is 9.17. The average molecular weight is 341 g/mol. The van der Waals surface area contributed by atoms with Crippen LogP contribution in [0.1, 0.15) is 31.2 Å². The number of aromatic nitrogens is 2. The predicted molar refractivity (Wildman–Crippen MR) is 82.5 cm³/mol. The summed E-state index contributed by atoms with van der Waals surface area (Å²) in [5, 5.41) is 14.7. The van der Waals surface area contributed by atoms with Gasteiger partial charge in [-0.15, -0.1) is 11.8 Å². The fourth-order valence-electron chi connectivity index (χ4n) is 1.97. The normalized spacial score (nSPS) is 12.6. The molecule has 1 unspecified atom stereocenters. The number of rotatable bonds is 5. The smallest absolute Gasteiger partial charge is 0.122 e. The lowest BCUT2D eigenvalue weighted by Gasteiger charge is -2.14. The third-order valence-electron chi connectivity index (χ3n) is 2.90. The molecule has 0 amide bonds. The Labute approximate surface area is 126 Å². The van der Waals surface area contributed by atoms with Crippen molar-refractivity contribution < 1.29 is 5.11 Å². The van der Waals surface area contributed by atoms with E-state index in [0.29, 0.717) is 0 Å². The number of aliphatic hydroxyl groups is 1. The Morgan fingerprint density at radius 2 is 2.00 bits per heavy atom. The fraction of sp³-hybridized carbons (Fsp3) is 0.357. The van der Waals surface area contributed by atoms with Gasteiger partial charge in [-0.2, -0.15) is 5.10 Å². The van der Waals surface area contributed by atoms with E-state index in [4.69, 9.17) is 0 Å². The summed E-state index contributed by atoms with van der Waals surface area (Å²) in [6.45, 7) is 4.88. The Hall–Kier alpha value is -0.780. The highest BCUT2D eigenvalue weighted by Crippen LogP contribution is 2.29. The van der Waals surface area contributed by atoms with Gasteiger partial charge in [-0.3, -0.25) is 4.68 Å². The standard InChI is InChI=1S/C14H17BrN2OS/c1-3-17-13(12(15)9-16-17)14(18)10-5-7-11(8-6-10)19-4-2/h5-9,14,18H,3-4H2,1-2H3. The molecule has 1 aromatic heterocycles. The Morgan fingerprint density at radius 3 is 2.58 bits per heavy atom. The monoisotopic (exact) mass is 340 g/mol. The van der Waals surface area contributed by atoms with Gasteiger partial charge < -0.3 is 5.11 Å². The molecule has 2 rings (SSSR count). The molecule has 0 fully saturated rings. The molecule has 0 radical (unpaired) electrons. The predicted octanol–water partition coefficient (Wildman–Crippen LogP) is 3.86. The van der Waals surface area contributed by atoms with Gasteiger partial charge in [0.25, 0.3) is 0 Å². The Balaban J connectivity index is 2.27. The summed E-state index contributed by atoms with van der Waals surface area (Å²) in [4.78, 5) is 1.22. The molecule has 0 bridgehead atoms. The van der Waals surface area contributed by atoms with Crippen LogP contribution in [0.2, 0.25) is 0 Å². The number of nitrogens with zero attached hydrogens (tertiary/aromatic N) is 2. The molecular formula is C14H17BrN2OS. The summed E-state index contributed by atoms with van der Waals surface area (Å²) in [6, 6.07) is 8.05. The summed E-state index contributed by atoms with van der Waals surface area (Å²) in [7, 11) is 0. The van der Waals surface area contributed by atoms with Gasteiger partial charge in [0.05, 0.1) is 16.4 Å². The summed E-state index contributed by atoms with van der Waals surface area (Å²) in [5.41, 5.74) is 1.69. The molecule has 2 aromatic rings. The van der Waals surface area contributed by atoms with E-state index in [1.165, 1.54) is 4.90 Å². The number of benzene rings is 1. The van der Waals surface area contributed by atoms with Crippen molar-refractivity contribution in [3.05, 3.63) is 46.2 Å². The van der Waals surface area contributed by atoms with E-state index in [0.717, 1.165) is 28.0 Å². The van der Waals surface area contributed by atoms with Crippen LogP contribution in [0.15, 0.2) is 39.8 Å². The molecule has 102 valence electrons.